The molecule has 1 N–H and O–H groups in total. The van der Waals surface area contributed by atoms with Crippen molar-refractivity contribution in [3.8, 4) is 0 Å². The predicted octanol–water partition coefficient (Wildman–Crippen LogP) is 3.23. The maximum absolute atomic E-state index is 14.7. The van der Waals surface area contributed by atoms with Crippen LogP contribution >= 0.6 is 22.9 Å². The van der Waals surface area contributed by atoms with Crippen LogP contribution < -0.4 is 9.80 Å². The summed E-state index contributed by atoms with van der Waals surface area (Å²) in [5.41, 5.74) is 0.797. The lowest BCUT2D eigenvalue weighted by atomic mass is 10.2. The smallest absolute Gasteiger partial charge is 0.414 e. The Balaban J connectivity index is 1.40. The number of thiophene rings is 1. The van der Waals surface area contributed by atoms with Crippen molar-refractivity contribution >= 4 is 46.3 Å². The first-order valence-corrected chi connectivity index (χ1v) is 10.5. The number of anilines is 2. The van der Waals surface area contributed by atoms with Gasteiger partial charge >= 0.3 is 6.09 Å². The summed E-state index contributed by atoms with van der Waals surface area (Å²) in [6.45, 7) is 2.13. The average Bonchev–Trinajstić information content (AvgIpc) is 3.33. The van der Waals surface area contributed by atoms with Gasteiger partial charge in [0.2, 0.25) is 0 Å². The quantitative estimate of drug-likeness (QED) is 0.550. The van der Waals surface area contributed by atoms with Crippen LogP contribution in [-0.2, 0) is 9.47 Å². The maximum Gasteiger partial charge on any atom is 0.414 e. The summed E-state index contributed by atoms with van der Waals surface area (Å²) in [6, 6.07) is 7.61. The number of carbonyl (C=O) groups excluding carboxylic acids is 2. The number of morpholine rings is 1. The number of benzene rings is 1. The van der Waals surface area contributed by atoms with Gasteiger partial charge in [-0.05, 0) is 30.3 Å². The third kappa shape index (κ3) is 4.36. The molecule has 0 spiro atoms. The zero-order chi connectivity index (χ0) is 21.3. The molecule has 4 rings (SSSR count). The SMILES string of the molecule is O=C(c1ccc(Cl)s1)N(O)C[C@@H]1CN(c2ccc(N3CCOCC3)c(F)c2)C(=O)O1. The molecule has 0 unspecified atom stereocenters. The number of cyclic esters (lactones) is 1. The van der Waals surface area contributed by atoms with Crippen LogP contribution in [0.4, 0.5) is 20.6 Å². The Hall–Kier alpha value is -2.40. The summed E-state index contributed by atoms with van der Waals surface area (Å²) < 4.78 is 25.6. The Labute approximate surface area is 180 Å². The van der Waals surface area contributed by atoms with Crippen LogP contribution in [0.5, 0.6) is 0 Å². The fraction of sp³-hybridized carbons (Fsp3) is 0.368. The minimum atomic E-state index is -0.760. The van der Waals surface area contributed by atoms with Crippen molar-refractivity contribution in [3.63, 3.8) is 0 Å². The van der Waals surface area contributed by atoms with E-state index in [9.17, 15) is 19.2 Å². The van der Waals surface area contributed by atoms with Gasteiger partial charge in [0.1, 0.15) is 11.9 Å². The summed E-state index contributed by atoms with van der Waals surface area (Å²) in [7, 11) is 0. The largest absolute Gasteiger partial charge is 0.442 e. The minimum absolute atomic E-state index is 0.0741. The van der Waals surface area contributed by atoms with Gasteiger partial charge in [0.25, 0.3) is 5.91 Å². The molecule has 1 atom stereocenters. The van der Waals surface area contributed by atoms with Crippen LogP contribution in [0.2, 0.25) is 4.34 Å². The molecule has 0 aliphatic carbocycles. The molecular formula is C19H19ClFN3O5S. The van der Waals surface area contributed by atoms with Gasteiger partial charge < -0.3 is 14.4 Å². The van der Waals surface area contributed by atoms with Crippen molar-refractivity contribution in [1.29, 1.82) is 0 Å². The summed E-state index contributed by atoms with van der Waals surface area (Å²) in [5.74, 6) is -1.08. The van der Waals surface area contributed by atoms with Gasteiger partial charge in [-0.3, -0.25) is 14.9 Å². The molecule has 2 aliphatic heterocycles. The van der Waals surface area contributed by atoms with Crippen molar-refractivity contribution in [2.24, 2.45) is 0 Å². The number of hydrogen-bond acceptors (Lipinski definition) is 7. The number of hydrogen-bond donors (Lipinski definition) is 1. The molecule has 0 radical (unpaired) electrons. The van der Waals surface area contributed by atoms with E-state index in [1.54, 1.807) is 18.2 Å². The van der Waals surface area contributed by atoms with E-state index in [1.807, 2.05) is 4.90 Å². The van der Waals surface area contributed by atoms with Crippen molar-refractivity contribution < 1.29 is 28.7 Å². The highest BCUT2D eigenvalue weighted by atomic mass is 35.5. The number of halogens is 2. The molecule has 8 nitrogen and oxygen atoms in total. The highest BCUT2D eigenvalue weighted by Gasteiger charge is 2.35. The second-order valence-corrected chi connectivity index (χ2v) is 8.56. The summed E-state index contributed by atoms with van der Waals surface area (Å²) in [5, 5.41) is 10.6. The van der Waals surface area contributed by atoms with Crippen LogP contribution in [-0.4, -0.2) is 67.8 Å². The summed E-state index contributed by atoms with van der Waals surface area (Å²) in [6.07, 6.45) is -1.43. The molecular weight excluding hydrogens is 437 g/mol. The van der Waals surface area contributed by atoms with E-state index < -0.39 is 23.9 Å². The van der Waals surface area contributed by atoms with E-state index >= 15 is 0 Å². The molecule has 160 valence electrons. The van der Waals surface area contributed by atoms with Crippen molar-refractivity contribution in [2.45, 2.75) is 6.10 Å². The summed E-state index contributed by atoms with van der Waals surface area (Å²) >= 11 is 6.85. The molecule has 2 fully saturated rings. The van der Waals surface area contributed by atoms with E-state index in [-0.39, 0.29) is 18.0 Å². The fourth-order valence-corrected chi connectivity index (χ4v) is 4.37. The number of nitrogens with zero attached hydrogens (tertiary/aromatic N) is 3. The molecule has 0 bridgehead atoms. The van der Waals surface area contributed by atoms with Gasteiger partial charge in [-0.15, -0.1) is 11.3 Å². The Morgan fingerprint density at radius 3 is 2.73 bits per heavy atom. The number of rotatable bonds is 5. The highest BCUT2D eigenvalue weighted by Crippen LogP contribution is 2.29. The van der Waals surface area contributed by atoms with Crippen LogP contribution in [0.3, 0.4) is 0 Å². The third-order valence-electron chi connectivity index (χ3n) is 4.86. The first-order chi connectivity index (χ1) is 14.4. The topological polar surface area (TPSA) is 82.6 Å². The lowest BCUT2D eigenvalue weighted by Crippen LogP contribution is -2.37. The highest BCUT2D eigenvalue weighted by molar-refractivity contribution is 7.17. The van der Waals surface area contributed by atoms with E-state index in [2.05, 4.69) is 0 Å². The maximum atomic E-state index is 14.7. The van der Waals surface area contributed by atoms with Crippen LogP contribution in [0.1, 0.15) is 9.67 Å². The molecule has 2 aromatic rings. The third-order valence-corrected chi connectivity index (χ3v) is 6.08. The van der Waals surface area contributed by atoms with Gasteiger partial charge in [0.05, 0.1) is 46.9 Å². The lowest BCUT2D eigenvalue weighted by molar-refractivity contribution is -0.0748. The number of carbonyl (C=O) groups is 2. The van der Waals surface area contributed by atoms with E-state index in [0.29, 0.717) is 47.1 Å². The van der Waals surface area contributed by atoms with Gasteiger partial charge in [-0.1, -0.05) is 11.6 Å². The van der Waals surface area contributed by atoms with E-state index in [1.165, 1.54) is 17.0 Å². The monoisotopic (exact) mass is 455 g/mol. The number of ether oxygens (including phenoxy) is 2. The first-order valence-electron chi connectivity index (χ1n) is 9.29. The second-order valence-electron chi connectivity index (χ2n) is 6.84. The number of hydroxylamine groups is 2. The minimum Gasteiger partial charge on any atom is -0.442 e. The molecule has 2 saturated heterocycles. The second kappa shape index (κ2) is 8.76. The lowest BCUT2D eigenvalue weighted by Gasteiger charge is -2.29. The van der Waals surface area contributed by atoms with Crippen LogP contribution in [0, 0.1) is 5.82 Å². The molecule has 3 heterocycles. The van der Waals surface area contributed by atoms with Gasteiger partial charge in [0, 0.05) is 13.1 Å². The average molecular weight is 456 g/mol. The summed E-state index contributed by atoms with van der Waals surface area (Å²) in [4.78, 5) is 27.9. The Morgan fingerprint density at radius 2 is 2.07 bits per heavy atom. The standard InChI is InChI=1S/C19H19ClFN3O5S/c20-17-4-3-16(30-17)18(25)24(27)11-13-10-23(19(26)29-13)12-1-2-15(14(21)9-12)22-5-7-28-8-6-22/h1-4,9,13,27H,5-8,10-11H2/t13-/m0/s1. The molecule has 11 heteroatoms. The Bertz CT molecular complexity index is 952. The van der Waals surface area contributed by atoms with Crippen molar-refractivity contribution in [1.82, 2.24) is 5.06 Å². The molecule has 0 saturated carbocycles. The van der Waals surface area contributed by atoms with Crippen LogP contribution in [0.25, 0.3) is 0 Å². The molecule has 30 heavy (non-hydrogen) atoms. The zero-order valence-electron chi connectivity index (χ0n) is 15.8. The molecule has 1 aromatic carbocycles. The normalized spacial score (nSPS) is 19.2. The Morgan fingerprint density at radius 1 is 1.30 bits per heavy atom. The molecule has 1 aromatic heterocycles. The van der Waals surface area contributed by atoms with Crippen molar-refractivity contribution in [2.75, 3.05) is 49.2 Å². The fourth-order valence-electron chi connectivity index (χ4n) is 3.38. The molecule has 2 amide bonds. The number of amides is 2. The van der Waals surface area contributed by atoms with Gasteiger partial charge in [-0.25, -0.2) is 14.2 Å². The van der Waals surface area contributed by atoms with E-state index in [4.69, 9.17) is 21.1 Å². The zero-order valence-corrected chi connectivity index (χ0v) is 17.4. The van der Waals surface area contributed by atoms with E-state index in [0.717, 1.165) is 11.3 Å². The first kappa shape index (κ1) is 20.9. The Kier molecular flexibility index (Phi) is 6.09. The van der Waals surface area contributed by atoms with Gasteiger partial charge in [0.15, 0.2) is 0 Å². The molecule has 2 aliphatic rings. The van der Waals surface area contributed by atoms with Crippen LogP contribution in [0.15, 0.2) is 30.3 Å². The predicted molar refractivity (Wildman–Crippen MR) is 109 cm³/mol. The van der Waals surface area contributed by atoms with Gasteiger partial charge in [-0.2, -0.15) is 0 Å². The van der Waals surface area contributed by atoms with Crippen molar-refractivity contribution in [3.05, 3.63) is 45.4 Å².